The lowest BCUT2D eigenvalue weighted by Gasteiger charge is -2.23. The molecule has 0 amide bonds. The van der Waals surface area contributed by atoms with Crippen LogP contribution >= 0.6 is 0 Å². The van der Waals surface area contributed by atoms with Crippen molar-refractivity contribution in [1.29, 1.82) is 0 Å². The van der Waals surface area contributed by atoms with Gasteiger partial charge in [-0.15, -0.1) is 0 Å². The van der Waals surface area contributed by atoms with E-state index in [-0.39, 0.29) is 11.6 Å². The van der Waals surface area contributed by atoms with Gasteiger partial charge < -0.3 is 15.2 Å². The molecule has 1 fully saturated rings. The summed E-state index contributed by atoms with van der Waals surface area (Å²) in [5.41, 5.74) is 0.106. The highest BCUT2D eigenvalue weighted by Gasteiger charge is 2.17. The molecule has 1 aromatic rings. The average molecular weight is 223 g/mol. The molecule has 0 radical (unpaired) electrons. The lowest BCUT2D eigenvalue weighted by atomic mass is 10.1. The minimum Gasteiger partial charge on any atom is -0.477 e. The Bertz CT molecular complexity index is 377. The summed E-state index contributed by atoms with van der Waals surface area (Å²) in [5.74, 6) is -0.635. The minimum absolute atomic E-state index is 0.106. The summed E-state index contributed by atoms with van der Waals surface area (Å²) in [6.45, 7) is 1.40. The van der Waals surface area contributed by atoms with E-state index in [0.29, 0.717) is 19.0 Å². The largest absolute Gasteiger partial charge is 0.477 e. The fourth-order valence-electron chi connectivity index (χ4n) is 1.64. The number of aromatic nitrogens is 2. The highest BCUT2D eigenvalue weighted by Crippen LogP contribution is 2.16. The van der Waals surface area contributed by atoms with Gasteiger partial charge in [-0.05, 0) is 12.8 Å². The number of rotatable bonds is 3. The summed E-state index contributed by atoms with van der Waals surface area (Å²) in [6, 6.07) is 0.224. The first kappa shape index (κ1) is 10.8. The van der Waals surface area contributed by atoms with Crippen molar-refractivity contribution in [1.82, 2.24) is 9.97 Å². The number of aromatic carboxylic acids is 1. The van der Waals surface area contributed by atoms with Crippen LogP contribution in [0.4, 0.5) is 5.82 Å². The predicted octanol–water partition coefficient (Wildman–Crippen LogP) is 0.766. The number of hydrogen-bond donors (Lipinski definition) is 2. The molecule has 0 unspecified atom stereocenters. The summed E-state index contributed by atoms with van der Waals surface area (Å²) in [7, 11) is 0. The molecule has 1 aromatic heterocycles. The van der Waals surface area contributed by atoms with Gasteiger partial charge in [0.15, 0.2) is 0 Å². The molecule has 2 N–H and O–H groups in total. The Labute approximate surface area is 92.7 Å². The molecule has 1 saturated heterocycles. The van der Waals surface area contributed by atoms with E-state index in [4.69, 9.17) is 9.84 Å². The van der Waals surface area contributed by atoms with Crippen LogP contribution in [0, 0.1) is 0 Å². The van der Waals surface area contributed by atoms with E-state index in [9.17, 15) is 4.79 Å². The van der Waals surface area contributed by atoms with Crippen molar-refractivity contribution in [3.63, 3.8) is 0 Å². The Balaban J connectivity index is 2.10. The van der Waals surface area contributed by atoms with Gasteiger partial charge in [-0.3, -0.25) is 0 Å². The van der Waals surface area contributed by atoms with E-state index in [1.165, 1.54) is 12.5 Å². The molecule has 16 heavy (non-hydrogen) atoms. The van der Waals surface area contributed by atoms with Crippen LogP contribution in [0.5, 0.6) is 0 Å². The summed E-state index contributed by atoms with van der Waals surface area (Å²) < 4.78 is 5.23. The molecular formula is C10H13N3O3. The van der Waals surface area contributed by atoms with Crippen LogP contribution in [0.2, 0.25) is 0 Å². The fourth-order valence-corrected chi connectivity index (χ4v) is 1.64. The zero-order valence-corrected chi connectivity index (χ0v) is 8.72. The number of carbonyl (C=O) groups is 1. The van der Waals surface area contributed by atoms with E-state index in [1.54, 1.807) is 0 Å². The molecule has 2 heterocycles. The third-order valence-electron chi connectivity index (χ3n) is 2.50. The van der Waals surface area contributed by atoms with Gasteiger partial charge in [0.05, 0.1) is 0 Å². The fraction of sp³-hybridized carbons (Fsp3) is 0.500. The number of carboxylic acid groups (broad SMARTS) is 1. The van der Waals surface area contributed by atoms with Crippen LogP contribution in [0.3, 0.4) is 0 Å². The number of nitrogens with one attached hydrogen (secondary N) is 1. The SMILES string of the molecule is O=C(O)c1cncnc1NC1CCOCC1. The van der Waals surface area contributed by atoms with Crippen LogP contribution in [-0.4, -0.2) is 40.3 Å². The molecule has 6 heteroatoms. The number of carboxylic acids is 1. The standard InChI is InChI=1S/C10H13N3O3/c14-10(15)8-5-11-6-12-9(8)13-7-1-3-16-4-2-7/h5-7H,1-4H2,(H,14,15)(H,11,12,13). The second-order valence-electron chi connectivity index (χ2n) is 3.62. The maximum absolute atomic E-state index is 10.9. The number of ether oxygens (including phenoxy) is 1. The van der Waals surface area contributed by atoms with Gasteiger partial charge in [-0.2, -0.15) is 0 Å². The van der Waals surface area contributed by atoms with Crippen molar-refractivity contribution >= 4 is 11.8 Å². The average Bonchev–Trinajstić information content (AvgIpc) is 2.31. The van der Waals surface area contributed by atoms with Crippen molar-refractivity contribution in [3.05, 3.63) is 18.1 Å². The first-order valence-electron chi connectivity index (χ1n) is 5.15. The topological polar surface area (TPSA) is 84.3 Å². The van der Waals surface area contributed by atoms with Gasteiger partial charge in [0.25, 0.3) is 0 Å². The maximum atomic E-state index is 10.9. The first-order chi connectivity index (χ1) is 7.77. The molecule has 0 atom stereocenters. The van der Waals surface area contributed by atoms with E-state index in [2.05, 4.69) is 15.3 Å². The maximum Gasteiger partial charge on any atom is 0.341 e. The second-order valence-corrected chi connectivity index (χ2v) is 3.62. The van der Waals surface area contributed by atoms with Crippen molar-refractivity contribution in [3.8, 4) is 0 Å². The first-order valence-corrected chi connectivity index (χ1v) is 5.15. The lowest BCUT2D eigenvalue weighted by molar-refractivity contribution is 0.0696. The van der Waals surface area contributed by atoms with E-state index >= 15 is 0 Å². The molecule has 0 aliphatic carbocycles. The van der Waals surface area contributed by atoms with Gasteiger partial charge in [-0.1, -0.05) is 0 Å². The Morgan fingerprint density at radius 2 is 2.25 bits per heavy atom. The Hall–Kier alpha value is -1.69. The van der Waals surface area contributed by atoms with Crippen LogP contribution < -0.4 is 5.32 Å². The summed E-state index contributed by atoms with van der Waals surface area (Å²) in [4.78, 5) is 18.6. The smallest absolute Gasteiger partial charge is 0.341 e. The quantitative estimate of drug-likeness (QED) is 0.787. The highest BCUT2D eigenvalue weighted by atomic mass is 16.5. The second kappa shape index (κ2) is 4.89. The molecule has 6 nitrogen and oxygen atoms in total. The molecule has 0 bridgehead atoms. The van der Waals surface area contributed by atoms with Gasteiger partial charge in [-0.25, -0.2) is 14.8 Å². The molecular weight excluding hydrogens is 210 g/mol. The van der Waals surface area contributed by atoms with Crippen molar-refractivity contribution in [2.45, 2.75) is 18.9 Å². The van der Waals surface area contributed by atoms with E-state index in [1.807, 2.05) is 0 Å². The third kappa shape index (κ3) is 2.46. The van der Waals surface area contributed by atoms with Crippen molar-refractivity contribution in [2.24, 2.45) is 0 Å². The zero-order chi connectivity index (χ0) is 11.4. The normalized spacial score (nSPS) is 17.0. The zero-order valence-electron chi connectivity index (χ0n) is 8.72. The number of nitrogens with zero attached hydrogens (tertiary/aromatic N) is 2. The molecule has 1 aliphatic rings. The Morgan fingerprint density at radius 3 is 2.94 bits per heavy atom. The lowest BCUT2D eigenvalue weighted by Crippen LogP contribution is -2.29. The van der Waals surface area contributed by atoms with Gasteiger partial charge >= 0.3 is 5.97 Å². The van der Waals surface area contributed by atoms with Gasteiger partial charge in [0, 0.05) is 25.5 Å². The number of anilines is 1. The van der Waals surface area contributed by atoms with Crippen molar-refractivity contribution < 1.29 is 14.6 Å². The Morgan fingerprint density at radius 1 is 1.50 bits per heavy atom. The monoisotopic (exact) mass is 223 g/mol. The predicted molar refractivity (Wildman–Crippen MR) is 56.5 cm³/mol. The summed E-state index contributed by atoms with van der Waals surface area (Å²) in [5, 5.41) is 12.1. The number of hydrogen-bond acceptors (Lipinski definition) is 5. The van der Waals surface area contributed by atoms with Crippen LogP contribution in [0.25, 0.3) is 0 Å². The van der Waals surface area contributed by atoms with E-state index in [0.717, 1.165) is 12.8 Å². The van der Waals surface area contributed by atoms with Crippen LogP contribution in [-0.2, 0) is 4.74 Å². The molecule has 0 aromatic carbocycles. The van der Waals surface area contributed by atoms with Gasteiger partial charge in [0.1, 0.15) is 17.7 Å². The van der Waals surface area contributed by atoms with Crippen LogP contribution in [0.15, 0.2) is 12.5 Å². The molecule has 0 spiro atoms. The molecule has 2 rings (SSSR count). The van der Waals surface area contributed by atoms with Gasteiger partial charge in [0.2, 0.25) is 0 Å². The molecule has 0 saturated carbocycles. The van der Waals surface area contributed by atoms with Crippen LogP contribution in [0.1, 0.15) is 23.2 Å². The summed E-state index contributed by atoms with van der Waals surface area (Å²) >= 11 is 0. The third-order valence-corrected chi connectivity index (χ3v) is 2.50. The highest BCUT2D eigenvalue weighted by molar-refractivity contribution is 5.92. The molecule has 1 aliphatic heterocycles. The molecule has 86 valence electrons. The Kier molecular flexibility index (Phi) is 3.31. The van der Waals surface area contributed by atoms with E-state index < -0.39 is 5.97 Å². The summed E-state index contributed by atoms with van der Waals surface area (Å²) in [6.07, 6.45) is 4.37. The minimum atomic E-state index is -1.02. The van der Waals surface area contributed by atoms with Crippen molar-refractivity contribution in [2.75, 3.05) is 18.5 Å².